The molecule has 0 aliphatic rings. The average Bonchev–Trinajstić information content (AvgIpc) is 2.34. The van der Waals surface area contributed by atoms with Gasteiger partial charge in [0.2, 0.25) is 5.91 Å². The molecule has 116 valence electrons. The molecule has 2 N–H and O–H groups in total. The van der Waals surface area contributed by atoms with E-state index >= 15 is 0 Å². The zero-order valence-corrected chi connectivity index (χ0v) is 11.8. The van der Waals surface area contributed by atoms with Crippen molar-refractivity contribution in [1.82, 2.24) is 10.2 Å². The van der Waals surface area contributed by atoms with E-state index in [1.165, 1.54) is 0 Å². The predicted molar refractivity (Wildman–Crippen MR) is 69.9 cm³/mol. The number of carbonyl (C=O) groups excluding carboxylic acids is 1. The normalized spacial score (nSPS) is 12.3. The first-order chi connectivity index (χ1) is 9.21. The fraction of sp³-hybridized carbons (Fsp3) is 0.769. The number of carbonyl (C=O) groups is 1. The summed E-state index contributed by atoms with van der Waals surface area (Å²) in [6, 6.07) is 0. The van der Waals surface area contributed by atoms with Crippen LogP contribution in [0, 0.1) is 12.3 Å². The maximum atomic E-state index is 12.3. The summed E-state index contributed by atoms with van der Waals surface area (Å²) in [6.45, 7) is 1.21. The van der Waals surface area contributed by atoms with E-state index in [0.29, 0.717) is 12.8 Å². The number of alkyl halides is 3. The summed E-state index contributed by atoms with van der Waals surface area (Å²) >= 11 is 0. The predicted octanol–water partition coefficient (Wildman–Crippen LogP) is 1.15. The molecule has 0 aliphatic carbocycles. The first-order valence-electron chi connectivity index (χ1n) is 6.40. The second-order valence-electron chi connectivity index (χ2n) is 4.53. The largest absolute Gasteiger partial charge is 0.401 e. The van der Waals surface area contributed by atoms with Crippen molar-refractivity contribution < 1.29 is 23.1 Å². The Hall–Kier alpha value is -1.26. The number of aliphatic hydroxyl groups excluding tert-OH is 1. The van der Waals surface area contributed by atoms with E-state index in [1.807, 2.05) is 0 Å². The van der Waals surface area contributed by atoms with Crippen LogP contribution in [0.1, 0.15) is 26.7 Å². The van der Waals surface area contributed by atoms with Crippen molar-refractivity contribution in [2.45, 2.75) is 38.4 Å². The van der Waals surface area contributed by atoms with Gasteiger partial charge in [-0.1, -0.05) is 19.8 Å². The van der Waals surface area contributed by atoms with Gasteiger partial charge in [-0.15, -0.1) is 6.42 Å². The highest BCUT2D eigenvalue weighted by Gasteiger charge is 2.32. The van der Waals surface area contributed by atoms with Crippen LogP contribution in [0.2, 0.25) is 0 Å². The molecule has 0 saturated carbocycles. The lowest BCUT2D eigenvalue weighted by Gasteiger charge is -2.29. The van der Waals surface area contributed by atoms with Crippen LogP contribution in [0.5, 0.6) is 0 Å². The van der Waals surface area contributed by atoms with Gasteiger partial charge in [0.25, 0.3) is 0 Å². The fourth-order valence-electron chi connectivity index (χ4n) is 1.79. The van der Waals surface area contributed by atoms with Gasteiger partial charge in [-0.25, -0.2) is 0 Å². The molecule has 0 radical (unpaired) electrons. The molecular weight excluding hydrogens is 273 g/mol. The first kappa shape index (κ1) is 18.7. The van der Waals surface area contributed by atoms with E-state index < -0.39 is 37.3 Å². The third kappa shape index (κ3) is 6.78. The van der Waals surface area contributed by atoms with Gasteiger partial charge in [0.1, 0.15) is 5.54 Å². The summed E-state index contributed by atoms with van der Waals surface area (Å²) in [5.41, 5.74) is -0.833. The number of rotatable bonds is 8. The number of halogens is 3. The highest BCUT2D eigenvalue weighted by Crippen LogP contribution is 2.17. The molecule has 0 aromatic carbocycles. The van der Waals surface area contributed by atoms with Gasteiger partial charge in [0.15, 0.2) is 0 Å². The summed E-state index contributed by atoms with van der Waals surface area (Å²) in [4.78, 5) is 12.6. The quantitative estimate of drug-likeness (QED) is 0.660. The van der Waals surface area contributed by atoms with Gasteiger partial charge < -0.3 is 10.4 Å². The van der Waals surface area contributed by atoms with Crippen LogP contribution in [0.15, 0.2) is 0 Å². The van der Waals surface area contributed by atoms with E-state index in [9.17, 15) is 18.0 Å². The van der Waals surface area contributed by atoms with Crippen molar-refractivity contribution in [1.29, 1.82) is 0 Å². The van der Waals surface area contributed by atoms with E-state index in [1.54, 1.807) is 13.8 Å². The van der Waals surface area contributed by atoms with Gasteiger partial charge in [-0.05, 0) is 12.8 Å². The van der Waals surface area contributed by atoms with Crippen LogP contribution in [0.4, 0.5) is 13.2 Å². The third-order valence-electron chi connectivity index (χ3n) is 3.05. The Morgan fingerprint density at radius 3 is 2.25 bits per heavy atom. The molecule has 0 bridgehead atoms. The smallest absolute Gasteiger partial charge is 0.395 e. The zero-order valence-electron chi connectivity index (χ0n) is 11.8. The molecule has 0 rings (SSSR count). The van der Waals surface area contributed by atoms with Gasteiger partial charge in [-0.2, -0.15) is 13.2 Å². The molecule has 4 nitrogen and oxygen atoms in total. The van der Waals surface area contributed by atoms with Crippen molar-refractivity contribution in [2.24, 2.45) is 0 Å². The van der Waals surface area contributed by atoms with Gasteiger partial charge in [-0.3, -0.25) is 9.69 Å². The van der Waals surface area contributed by atoms with E-state index in [2.05, 4.69) is 11.2 Å². The second kappa shape index (κ2) is 8.12. The van der Waals surface area contributed by atoms with Crippen molar-refractivity contribution in [2.75, 3.05) is 26.2 Å². The summed E-state index contributed by atoms with van der Waals surface area (Å²) in [6.07, 6.45) is 1.93. The minimum absolute atomic E-state index is 0.228. The fourth-order valence-corrected chi connectivity index (χ4v) is 1.79. The molecule has 1 amide bonds. The van der Waals surface area contributed by atoms with Gasteiger partial charge in [0, 0.05) is 6.54 Å². The molecule has 7 heteroatoms. The Bertz CT molecular complexity index is 347. The summed E-state index contributed by atoms with van der Waals surface area (Å²) in [5.74, 6) is 1.90. The van der Waals surface area contributed by atoms with Crippen LogP contribution in [0.25, 0.3) is 0 Å². The van der Waals surface area contributed by atoms with Crippen molar-refractivity contribution in [3.8, 4) is 12.3 Å². The lowest BCUT2D eigenvalue weighted by molar-refractivity contribution is -0.149. The number of nitrogens with zero attached hydrogens (tertiary/aromatic N) is 1. The highest BCUT2D eigenvalue weighted by atomic mass is 19.4. The molecule has 0 aliphatic heterocycles. The van der Waals surface area contributed by atoms with E-state index in [-0.39, 0.29) is 6.54 Å². The molecule has 0 atom stereocenters. The van der Waals surface area contributed by atoms with Crippen LogP contribution in [0.3, 0.4) is 0 Å². The Labute approximate surface area is 117 Å². The van der Waals surface area contributed by atoms with Crippen LogP contribution in [-0.4, -0.2) is 53.9 Å². The molecule has 0 heterocycles. The topological polar surface area (TPSA) is 52.6 Å². The third-order valence-corrected chi connectivity index (χ3v) is 3.05. The summed E-state index contributed by atoms with van der Waals surface area (Å²) in [5, 5.41) is 11.3. The number of hydrogen-bond acceptors (Lipinski definition) is 3. The molecule has 0 spiro atoms. The lowest BCUT2D eigenvalue weighted by Crippen LogP contribution is -2.51. The molecule has 20 heavy (non-hydrogen) atoms. The Morgan fingerprint density at radius 2 is 1.90 bits per heavy atom. The monoisotopic (exact) mass is 294 g/mol. The minimum Gasteiger partial charge on any atom is -0.395 e. The molecule has 0 aromatic rings. The zero-order chi connectivity index (χ0) is 15.8. The van der Waals surface area contributed by atoms with Crippen LogP contribution >= 0.6 is 0 Å². The molecular formula is C13H21F3N2O2. The Kier molecular flexibility index (Phi) is 7.61. The van der Waals surface area contributed by atoms with Crippen molar-refractivity contribution in [3.05, 3.63) is 0 Å². The first-order valence-corrected chi connectivity index (χ1v) is 6.40. The SMILES string of the molecule is C#CC(CC)(CC)NC(=O)CN(CCO)CC(F)(F)F. The number of aliphatic hydroxyl groups is 1. The second-order valence-corrected chi connectivity index (χ2v) is 4.53. The van der Waals surface area contributed by atoms with Crippen LogP contribution in [-0.2, 0) is 4.79 Å². The number of hydrogen-bond donors (Lipinski definition) is 2. The summed E-state index contributed by atoms with van der Waals surface area (Å²) < 4.78 is 37.0. The molecule has 0 aromatic heterocycles. The van der Waals surface area contributed by atoms with Crippen LogP contribution < -0.4 is 5.32 Å². The van der Waals surface area contributed by atoms with Crippen molar-refractivity contribution >= 4 is 5.91 Å². The number of nitrogens with one attached hydrogen (secondary N) is 1. The highest BCUT2D eigenvalue weighted by molar-refractivity contribution is 5.79. The standard InChI is InChI=1S/C13H21F3N2O2/c1-4-12(5-2,6-3)17-11(20)9-18(7-8-19)10-13(14,15)16/h1,19H,5-10H2,2-3H3,(H,17,20). The lowest BCUT2D eigenvalue weighted by atomic mass is 9.94. The maximum Gasteiger partial charge on any atom is 0.401 e. The summed E-state index contributed by atoms with van der Waals surface area (Å²) in [7, 11) is 0. The number of amides is 1. The maximum absolute atomic E-state index is 12.3. The van der Waals surface area contributed by atoms with Gasteiger partial charge >= 0.3 is 6.18 Å². The average molecular weight is 294 g/mol. The number of terminal acetylenes is 1. The molecule has 0 saturated heterocycles. The Balaban J connectivity index is 4.65. The van der Waals surface area contributed by atoms with E-state index in [4.69, 9.17) is 11.5 Å². The minimum atomic E-state index is -4.42. The molecule has 0 unspecified atom stereocenters. The van der Waals surface area contributed by atoms with E-state index in [0.717, 1.165) is 4.90 Å². The van der Waals surface area contributed by atoms with Crippen molar-refractivity contribution in [3.63, 3.8) is 0 Å². The molecule has 0 fully saturated rings. The van der Waals surface area contributed by atoms with Gasteiger partial charge in [0.05, 0.1) is 19.7 Å². The Morgan fingerprint density at radius 1 is 1.35 bits per heavy atom.